The number of ether oxygens (including phenoxy) is 3. The minimum Gasteiger partial charge on any atom is -0.375 e. The molecular weight excluding hydrogens is 288 g/mol. The molecule has 0 aromatic heterocycles. The summed E-state index contributed by atoms with van der Waals surface area (Å²) in [6.45, 7) is 15.5. The van der Waals surface area contributed by atoms with Crippen molar-refractivity contribution < 1.29 is 14.2 Å². The summed E-state index contributed by atoms with van der Waals surface area (Å²) in [4.78, 5) is 0. The lowest BCUT2D eigenvalue weighted by atomic mass is 9.76. The predicted octanol–water partition coefficient (Wildman–Crippen LogP) is 4.97. The van der Waals surface area contributed by atoms with Crippen LogP contribution in [0.15, 0.2) is 0 Å². The molecule has 4 unspecified atom stereocenters. The van der Waals surface area contributed by atoms with Crippen LogP contribution in [0.3, 0.4) is 0 Å². The molecule has 0 saturated carbocycles. The van der Waals surface area contributed by atoms with Crippen molar-refractivity contribution in [3.63, 3.8) is 0 Å². The normalized spacial score (nSPS) is 30.8. The van der Waals surface area contributed by atoms with Crippen molar-refractivity contribution in [3.8, 4) is 0 Å². The Morgan fingerprint density at radius 1 is 0.826 bits per heavy atom. The van der Waals surface area contributed by atoms with Crippen molar-refractivity contribution >= 4 is 0 Å². The fourth-order valence-corrected chi connectivity index (χ4v) is 4.81. The lowest BCUT2D eigenvalue weighted by Gasteiger charge is -2.52. The van der Waals surface area contributed by atoms with Crippen LogP contribution in [0.5, 0.6) is 0 Å². The molecule has 2 heterocycles. The summed E-state index contributed by atoms with van der Waals surface area (Å²) >= 11 is 0. The molecule has 0 aromatic carbocycles. The summed E-state index contributed by atoms with van der Waals surface area (Å²) in [5.74, 6) is 0.864. The van der Waals surface area contributed by atoms with Gasteiger partial charge >= 0.3 is 0 Å². The third-order valence-corrected chi connectivity index (χ3v) is 6.39. The first kappa shape index (κ1) is 19.2. The molecule has 0 aromatic rings. The summed E-state index contributed by atoms with van der Waals surface area (Å²) in [7, 11) is 0. The standard InChI is InChI=1S/C20H38O3/c1-7-19(15(3)4,17-11-9-13-21-17)23-20(8-2,16(5)6)18-12-10-14-22-18/h15-18H,7-14H2,1-6H3. The second-order valence-electron chi connectivity index (χ2n) is 8.03. The zero-order chi connectivity index (χ0) is 17.1. The summed E-state index contributed by atoms with van der Waals surface area (Å²) in [5.41, 5.74) is -0.411. The average molecular weight is 327 g/mol. The molecule has 3 heteroatoms. The molecule has 0 amide bonds. The third-order valence-electron chi connectivity index (χ3n) is 6.39. The molecule has 4 atom stereocenters. The summed E-state index contributed by atoms with van der Waals surface area (Å²) < 4.78 is 19.4. The van der Waals surface area contributed by atoms with Crippen molar-refractivity contribution in [2.45, 2.75) is 103 Å². The highest BCUT2D eigenvalue weighted by molar-refractivity contribution is 5.01. The van der Waals surface area contributed by atoms with Gasteiger partial charge in [-0.05, 0) is 50.4 Å². The van der Waals surface area contributed by atoms with E-state index in [1.54, 1.807) is 0 Å². The summed E-state index contributed by atoms with van der Waals surface area (Å²) in [6.07, 6.45) is 6.99. The van der Waals surface area contributed by atoms with Gasteiger partial charge in [0.25, 0.3) is 0 Å². The largest absolute Gasteiger partial charge is 0.375 e. The van der Waals surface area contributed by atoms with E-state index in [0.717, 1.165) is 51.7 Å². The van der Waals surface area contributed by atoms with Crippen LogP contribution >= 0.6 is 0 Å². The van der Waals surface area contributed by atoms with Gasteiger partial charge in [0.15, 0.2) is 0 Å². The first-order valence-corrected chi connectivity index (χ1v) is 9.86. The summed E-state index contributed by atoms with van der Waals surface area (Å²) in [5, 5.41) is 0. The third kappa shape index (κ3) is 3.48. The van der Waals surface area contributed by atoms with Gasteiger partial charge in [0.2, 0.25) is 0 Å². The quantitative estimate of drug-likeness (QED) is 0.630. The van der Waals surface area contributed by atoms with Gasteiger partial charge < -0.3 is 14.2 Å². The van der Waals surface area contributed by atoms with Crippen LogP contribution in [-0.4, -0.2) is 36.6 Å². The van der Waals surface area contributed by atoms with Gasteiger partial charge in [0.1, 0.15) is 0 Å². The van der Waals surface area contributed by atoms with Gasteiger partial charge in [-0.25, -0.2) is 0 Å². The Morgan fingerprint density at radius 2 is 1.22 bits per heavy atom. The molecule has 2 rings (SSSR count). The van der Waals surface area contributed by atoms with Gasteiger partial charge in [0, 0.05) is 13.2 Å². The van der Waals surface area contributed by atoms with Crippen molar-refractivity contribution in [2.24, 2.45) is 11.8 Å². The second kappa shape index (κ2) is 7.84. The minimum absolute atomic E-state index is 0.206. The van der Waals surface area contributed by atoms with Crippen LogP contribution in [0.4, 0.5) is 0 Å². The lowest BCUT2D eigenvalue weighted by molar-refractivity contribution is -0.267. The first-order chi connectivity index (χ1) is 10.9. The maximum absolute atomic E-state index is 7.16. The second-order valence-corrected chi connectivity index (χ2v) is 8.03. The van der Waals surface area contributed by atoms with Crippen LogP contribution < -0.4 is 0 Å². The van der Waals surface area contributed by atoms with Gasteiger partial charge in [-0.3, -0.25) is 0 Å². The Hall–Kier alpha value is -0.120. The van der Waals surface area contributed by atoms with E-state index in [1.165, 1.54) is 0 Å². The van der Waals surface area contributed by atoms with Gasteiger partial charge in [-0.1, -0.05) is 41.5 Å². The Kier molecular flexibility index (Phi) is 6.55. The van der Waals surface area contributed by atoms with Crippen LogP contribution in [0.25, 0.3) is 0 Å². The fraction of sp³-hybridized carbons (Fsp3) is 1.00. The van der Waals surface area contributed by atoms with Crippen molar-refractivity contribution in [1.29, 1.82) is 0 Å². The van der Waals surface area contributed by atoms with E-state index in [4.69, 9.17) is 14.2 Å². The molecule has 0 radical (unpaired) electrons. The molecule has 2 fully saturated rings. The highest BCUT2D eigenvalue weighted by atomic mass is 16.6. The molecule has 23 heavy (non-hydrogen) atoms. The SMILES string of the molecule is CCC(OC(CC)(C(C)C)C1CCCO1)(C(C)C)C1CCCO1. The van der Waals surface area contributed by atoms with E-state index in [1.807, 2.05) is 0 Å². The Labute approximate surface area is 143 Å². The van der Waals surface area contributed by atoms with E-state index in [2.05, 4.69) is 41.5 Å². The zero-order valence-corrected chi connectivity index (χ0v) is 16.2. The smallest absolute Gasteiger partial charge is 0.0971 e. The van der Waals surface area contributed by atoms with Crippen LogP contribution in [-0.2, 0) is 14.2 Å². The molecule has 2 saturated heterocycles. The van der Waals surface area contributed by atoms with E-state index in [9.17, 15) is 0 Å². The predicted molar refractivity (Wildman–Crippen MR) is 94.8 cm³/mol. The molecule has 0 N–H and O–H groups in total. The topological polar surface area (TPSA) is 27.7 Å². The van der Waals surface area contributed by atoms with Crippen molar-refractivity contribution in [2.75, 3.05) is 13.2 Å². The molecule has 0 aliphatic carbocycles. The van der Waals surface area contributed by atoms with E-state index >= 15 is 0 Å². The highest BCUT2D eigenvalue weighted by Crippen LogP contribution is 2.46. The van der Waals surface area contributed by atoms with Gasteiger partial charge in [0.05, 0.1) is 23.4 Å². The maximum atomic E-state index is 7.16. The summed E-state index contributed by atoms with van der Waals surface area (Å²) in [6, 6.07) is 0. The maximum Gasteiger partial charge on any atom is 0.0971 e. The van der Waals surface area contributed by atoms with E-state index in [0.29, 0.717) is 11.8 Å². The van der Waals surface area contributed by atoms with Crippen LogP contribution in [0.1, 0.15) is 80.1 Å². The zero-order valence-electron chi connectivity index (χ0n) is 16.2. The molecule has 2 aliphatic rings. The van der Waals surface area contributed by atoms with Crippen molar-refractivity contribution in [1.82, 2.24) is 0 Å². The fourth-order valence-electron chi connectivity index (χ4n) is 4.81. The van der Waals surface area contributed by atoms with Gasteiger partial charge in [-0.15, -0.1) is 0 Å². The van der Waals surface area contributed by atoms with Gasteiger partial charge in [-0.2, -0.15) is 0 Å². The molecule has 136 valence electrons. The van der Waals surface area contributed by atoms with E-state index in [-0.39, 0.29) is 23.4 Å². The van der Waals surface area contributed by atoms with E-state index < -0.39 is 0 Å². The monoisotopic (exact) mass is 326 g/mol. The number of rotatable bonds is 8. The first-order valence-electron chi connectivity index (χ1n) is 9.86. The Morgan fingerprint density at radius 3 is 1.43 bits per heavy atom. The highest BCUT2D eigenvalue weighted by Gasteiger charge is 2.53. The lowest BCUT2D eigenvalue weighted by Crippen LogP contribution is -2.60. The molecule has 0 spiro atoms. The Balaban J connectivity index is 2.36. The molecule has 3 nitrogen and oxygen atoms in total. The Bertz CT molecular complexity index is 322. The number of hydrogen-bond acceptors (Lipinski definition) is 3. The molecule has 0 bridgehead atoms. The average Bonchev–Trinajstić information content (AvgIpc) is 3.22. The minimum atomic E-state index is -0.206. The van der Waals surface area contributed by atoms with Crippen LogP contribution in [0, 0.1) is 11.8 Å². The van der Waals surface area contributed by atoms with Crippen molar-refractivity contribution in [3.05, 3.63) is 0 Å². The molecule has 2 aliphatic heterocycles. The van der Waals surface area contributed by atoms with Crippen LogP contribution in [0.2, 0.25) is 0 Å². The molecular formula is C20H38O3. The number of hydrogen-bond donors (Lipinski definition) is 0.